The summed E-state index contributed by atoms with van der Waals surface area (Å²) in [6.45, 7) is 5.37. The van der Waals surface area contributed by atoms with Crippen molar-refractivity contribution in [3.05, 3.63) is 78.4 Å². The van der Waals surface area contributed by atoms with Gasteiger partial charge in [-0.3, -0.25) is 9.59 Å². The topological polar surface area (TPSA) is 58.2 Å². The zero-order valence-electron chi connectivity index (χ0n) is 13.1. The summed E-state index contributed by atoms with van der Waals surface area (Å²) in [7, 11) is 0. The van der Waals surface area contributed by atoms with Gasteiger partial charge in [-0.25, -0.2) is 0 Å². The Hall–Kier alpha value is -2.88. The highest BCUT2D eigenvalue weighted by Gasteiger charge is 2.10. The molecule has 2 aromatic rings. The maximum Gasteiger partial charge on any atom is 0.251 e. The first-order valence-corrected chi connectivity index (χ1v) is 7.47. The SMILES string of the molecule is C=CC(=O)Nc1ccc(C(=O)N[C@@H](C)Cc2ccccc2)cc1. The van der Waals surface area contributed by atoms with Gasteiger partial charge < -0.3 is 10.6 Å². The van der Waals surface area contributed by atoms with E-state index in [1.807, 2.05) is 37.3 Å². The van der Waals surface area contributed by atoms with Crippen molar-refractivity contribution in [1.82, 2.24) is 5.32 Å². The zero-order valence-corrected chi connectivity index (χ0v) is 13.1. The van der Waals surface area contributed by atoms with Crippen molar-refractivity contribution >= 4 is 17.5 Å². The molecule has 2 amide bonds. The van der Waals surface area contributed by atoms with E-state index in [1.165, 1.54) is 11.6 Å². The molecule has 1 atom stereocenters. The Labute approximate surface area is 136 Å². The van der Waals surface area contributed by atoms with Gasteiger partial charge in [0.1, 0.15) is 0 Å². The van der Waals surface area contributed by atoms with Crippen molar-refractivity contribution in [1.29, 1.82) is 0 Å². The van der Waals surface area contributed by atoms with Gasteiger partial charge in [-0.1, -0.05) is 36.9 Å². The molecule has 4 nitrogen and oxygen atoms in total. The molecule has 2 N–H and O–H groups in total. The fraction of sp³-hybridized carbons (Fsp3) is 0.158. The largest absolute Gasteiger partial charge is 0.349 e. The Morgan fingerprint density at radius 2 is 1.74 bits per heavy atom. The van der Waals surface area contributed by atoms with Crippen LogP contribution in [-0.4, -0.2) is 17.9 Å². The number of nitrogens with one attached hydrogen (secondary N) is 2. The van der Waals surface area contributed by atoms with Gasteiger partial charge in [0.2, 0.25) is 5.91 Å². The third kappa shape index (κ3) is 5.11. The second-order valence-corrected chi connectivity index (χ2v) is 5.33. The molecule has 0 aromatic heterocycles. The molecule has 0 aliphatic carbocycles. The van der Waals surface area contributed by atoms with E-state index in [0.29, 0.717) is 11.3 Å². The minimum atomic E-state index is -0.279. The van der Waals surface area contributed by atoms with Crippen molar-refractivity contribution in [2.24, 2.45) is 0 Å². The summed E-state index contributed by atoms with van der Waals surface area (Å²) in [5, 5.41) is 5.62. The molecule has 0 fully saturated rings. The van der Waals surface area contributed by atoms with Crippen LogP contribution < -0.4 is 10.6 Å². The lowest BCUT2D eigenvalue weighted by atomic mass is 10.1. The Balaban J connectivity index is 1.92. The first kappa shape index (κ1) is 16.5. The normalized spacial score (nSPS) is 11.3. The fourth-order valence-corrected chi connectivity index (χ4v) is 2.22. The van der Waals surface area contributed by atoms with Crippen LogP contribution in [0.1, 0.15) is 22.8 Å². The molecule has 0 unspecified atom stereocenters. The van der Waals surface area contributed by atoms with E-state index in [2.05, 4.69) is 17.2 Å². The highest BCUT2D eigenvalue weighted by Crippen LogP contribution is 2.10. The average molecular weight is 308 g/mol. The lowest BCUT2D eigenvalue weighted by molar-refractivity contribution is -0.111. The van der Waals surface area contributed by atoms with Gasteiger partial charge >= 0.3 is 0 Å². The Morgan fingerprint density at radius 3 is 2.35 bits per heavy atom. The third-order valence-electron chi connectivity index (χ3n) is 3.36. The van der Waals surface area contributed by atoms with Crippen molar-refractivity contribution < 1.29 is 9.59 Å². The van der Waals surface area contributed by atoms with Gasteiger partial charge in [-0.05, 0) is 49.2 Å². The van der Waals surface area contributed by atoms with E-state index in [9.17, 15) is 9.59 Å². The summed E-state index contributed by atoms with van der Waals surface area (Å²) in [5.74, 6) is -0.409. The lowest BCUT2D eigenvalue weighted by Crippen LogP contribution is -2.34. The van der Waals surface area contributed by atoms with Crippen LogP contribution in [0.5, 0.6) is 0 Å². The van der Waals surface area contributed by atoms with E-state index in [0.717, 1.165) is 6.42 Å². The van der Waals surface area contributed by atoms with Crippen LogP contribution in [0.15, 0.2) is 67.3 Å². The number of rotatable bonds is 6. The van der Waals surface area contributed by atoms with Crippen molar-refractivity contribution in [2.75, 3.05) is 5.32 Å². The van der Waals surface area contributed by atoms with E-state index < -0.39 is 0 Å². The molecular formula is C19H20N2O2. The van der Waals surface area contributed by atoms with Crippen molar-refractivity contribution in [2.45, 2.75) is 19.4 Å². The Morgan fingerprint density at radius 1 is 1.09 bits per heavy atom. The summed E-state index contributed by atoms with van der Waals surface area (Å²) >= 11 is 0. The molecule has 0 saturated heterocycles. The predicted octanol–water partition coefficient (Wildman–Crippen LogP) is 3.17. The molecule has 0 saturated carbocycles. The first-order chi connectivity index (χ1) is 11.1. The number of hydrogen-bond acceptors (Lipinski definition) is 2. The highest BCUT2D eigenvalue weighted by atomic mass is 16.2. The quantitative estimate of drug-likeness (QED) is 0.805. The number of hydrogen-bond donors (Lipinski definition) is 2. The lowest BCUT2D eigenvalue weighted by Gasteiger charge is -2.14. The maximum absolute atomic E-state index is 12.2. The minimum Gasteiger partial charge on any atom is -0.349 e. The summed E-state index contributed by atoms with van der Waals surface area (Å²) in [4.78, 5) is 23.4. The monoisotopic (exact) mass is 308 g/mol. The number of carbonyl (C=O) groups is 2. The standard InChI is InChI=1S/C19H20N2O2/c1-3-18(22)21-17-11-9-16(10-12-17)19(23)20-14(2)13-15-7-5-4-6-8-15/h3-12,14H,1,13H2,2H3,(H,20,23)(H,21,22)/t14-/m0/s1. The van der Waals surface area contributed by atoms with Crippen molar-refractivity contribution in [3.8, 4) is 0 Å². The molecule has 0 radical (unpaired) electrons. The van der Waals surface area contributed by atoms with Gasteiger partial charge in [-0.15, -0.1) is 0 Å². The maximum atomic E-state index is 12.2. The minimum absolute atomic E-state index is 0.0324. The molecule has 0 aliphatic rings. The van der Waals surface area contributed by atoms with Crippen molar-refractivity contribution in [3.63, 3.8) is 0 Å². The average Bonchev–Trinajstić information content (AvgIpc) is 2.56. The Bertz CT molecular complexity index is 678. The van der Waals surface area contributed by atoms with Gasteiger partial charge in [0.15, 0.2) is 0 Å². The van der Waals surface area contributed by atoms with Gasteiger partial charge in [0, 0.05) is 17.3 Å². The van der Waals surface area contributed by atoms with Crippen LogP contribution in [0.3, 0.4) is 0 Å². The van der Waals surface area contributed by atoms with Crippen LogP contribution in [0.2, 0.25) is 0 Å². The molecule has 118 valence electrons. The number of amides is 2. The fourth-order valence-electron chi connectivity index (χ4n) is 2.22. The second-order valence-electron chi connectivity index (χ2n) is 5.33. The molecule has 2 rings (SSSR count). The molecular weight excluding hydrogens is 288 g/mol. The summed E-state index contributed by atoms with van der Waals surface area (Å²) in [6.07, 6.45) is 1.98. The van der Waals surface area contributed by atoms with Gasteiger partial charge in [0.05, 0.1) is 0 Å². The Kier molecular flexibility index (Phi) is 5.69. The van der Waals surface area contributed by atoms with Crippen LogP contribution in [0, 0.1) is 0 Å². The van der Waals surface area contributed by atoms with Crippen LogP contribution >= 0.6 is 0 Å². The first-order valence-electron chi connectivity index (χ1n) is 7.47. The smallest absolute Gasteiger partial charge is 0.251 e. The number of carbonyl (C=O) groups excluding carboxylic acids is 2. The van der Waals surface area contributed by atoms with E-state index in [-0.39, 0.29) is 17.9 Å². The summed E-state index contributed by atoms with van der Waals surface area (Å²) in [6, 6.07) is 16.8. The predicted molar refractivity (Wildman–Crippen MR) is 92.3 cm³/mol. The number of benzene rings is 2. The zero-order chi connectivity index (χ0) is 16.7. The number of anilines is 1. The van der Waals surface area contributed by atoms with E-state index in [4.69, 9.17) is 0 Å². The van der Waals surface area contributed by atoms with Crippen LogP contribution in [0.4, 0.5) is 5.69 Å². The molecule has 0 aliphatic heterocycles. The van der Waals surface area contributed by atoms with Gasteiger partial charge in [0.25, 0.3) is 5.91 Å². The highest BCUT2D eigenvalue weighted by molar-refractivity contribution is 5.99. The molecule has 2 aromatic carbocycles. The molecule has 0 spiro atoms. The van der Waals surface area contributed by atoms with Crippen LogP contribution in [-0.2, 0) is 11.2 Å². The molecule has 4 heteroatoms. The molecule has 23 heavy (non-hydrogen) atoms. The molecule has 0 heterocycles. The third-order valence-corrected chi connectivity index (χ3v) is 3.36. The molecule has 0 bridgehead atoms. The summed E-state index contributed by atoms with van der Waals surface area (Å²) < 4.78 is 0. The summed E-state index contributed by atoms with van der Waals surface area (Å²) in [5.41, 5.74) is 2.37. The van der Waals surface area contributed by atoms with E-state index in [1.54, 1.807) is 24.3 Å². The van der Waals surface area contributed by atoms with Gasteiger partial charge in [-0.2, -0.15) is 0 Å². The second kappa shape index (κ2) is 7.94. The van der Waals surface area contributed by atoms with E-state index >= 15 is 0 Å². The van der Waals surface area contributed by atoms with Crippen LogP contribution in [0.25, 0.3) is 0 Å².